The third-order valence-corrected chi connectivity index (χ3v) is 4.27. The summed E-state index contributed by atoms with van der Waals surface area (Å²) in [6.07, 6.45) is 0.598. The van der Waals surface area contributed by atoms with E-state index in [1.165, 1.54) is 4.80 Å². The Bertz CT molecular complexity index is 1060. The van der Waals surface area contributed by atoms with Crippen LogP contribution in [-0.2, 0) is 6.42 Å². The molecule has 3 aromatic carbocycles. The second-order valence-corrected chi connectivity index (χ2v) is 6.48. The first kappa shape index (κ1) is 16.1. The van der Waals surface area contributed by atoms with Crippen molar-refractivity contribution in [3.05, 3.63) is 84.4 Å². The Morgan fingerprint density at radius 1 is 0.923 bits per heavy atom. The summed E-state index contributed by atoms with van der Waals surface area (Å²) in [5.74, 6) is 0.188. The number of hydrogen-bond donors (Lipinski definition) is 1. The number of phenols is 1. The molecular formula is C22H19N3O. The van der Waals surface area contributed by atoms with E-state index in [0.29, 0.717) is 12.1 Å². The zero-order valence-corrected chi connectivity index (χ0v) is 14.6. The van der Waals surface area contributed by atoms with Gasteiger partial charge in [-0.2, -0.15) is 0 Å². The van der Waals surface area contributed by atoms with Gasteiger partial charge < -0.3 is 5.11 Å². The van der Waals surface area contributed by atoms with Gasteiger partial charge >= 0.3 is 0 Å². The topological polar surface area (TPSA) is 50.9 Å². The molecule has 0 unspecified atom stereocenters. The molecule has 0 amide bonds. The van der Waals surface area contributed by atoms with Gasteiger partial charge in [0.1, 0.15) is 22.5 Å². The van der Waals surface area contributed by atoms with Crippen LogP contribution in [-0.4, -0.2) is 20.1 Å². The number of allylic oxidation sites excluding steroid dienone is 1. The number of hydrogen-bond acceptors (Lipinski definition) is 3. The van der Waals surface area contributed by atoms with Crippen molar-refractivity contribution < 1.29 is 5.11 Å². The molecule has 0 aliphatic heterocycles. The summed E-state index contributed by atoms with van der Waals surface area (Å²) in [7, 11) is 0. The normalized spacial score (nSPS) is 11.0. The maximum Gasteiger partial charge on any atom is 0.146 e. The van der Waals surface area contributed by atoms with Crippen LogP contribution in [0.15, 0.2) is 78.9 Å². The van der Waals surface area contributed by atoms with Crippen molar-refractivity contribution in [1.82, 2.24) is 15.0 Å². The third kappa shape index (κ3) is 2.97. The van der Waals surface area contributed by atoms with Crippen molar-refractivity contribution >= 4 is 11.0 Å². The largest absolute Gasteiger partial charge is 0.505 e. The van der Waals surface area contributed by atoms with Gasteiger partial charge in [0, 0.05) is 5.56 Å². The molecular weight excluding hydrogens is 322 g/mol. The molecule has 0 aliphatic carbocycles. The van der Waals surface area contributed by atoms with Gasteiger partial charge in [-0.05, 0) is 48.7 Å². The van der Waals surface area contributed by atoms with Crippen LogP contribution in [0.5, 0.6) is 5.75 Å². The van der Waals surface area contributed by atoms with Crippen LogP contribution in [0.2, 0.25) is 0 Å². The van der Waals surface area contributed by atoms with Gasteiger partial charge in [-0.15, -0.1) is 15.0 Å². The Balaban J connectivity index is 1.93. The molecule has 128 valence electrons. The quantitative estimate of drug-likeness (QED) is 0.537. The highest BCUT2D eigenvalue weighted by atomic mass is 16.3. The van der Waals surface area contributed by atoms with Gasteiger partial charge in [0.25, 0.3) is 0 Å². The predicted molar refractivity (Wildman–Crippen MR) is 104 cm³/mol. The van der Waals surface area contributed by atoms with E-state index in [0.717, 1.165) is 33.3 Å². The van der Waals surface area contributed by atoms with Crippen LogP contribution in [0.3, 0.4) is 0 Å². The fourth-order valence-electron chi connectivity index (χ4n) is 3.05. The van der Waals surface area contributed by atoms with Crippen molar-refractivity contribution in [2.75, 3.05) is 0 Å². The second kappa shape index (κ2) is 6.48. The van der Waals surface area contributed by atoms with Crippen molar-refractivity contribution in [3.8, 4) is 22.6 Å². The smallest absolute Gasteiger partial charge is 0.146 e. The van der Waals surface area contributed by atoms with Crippen LogP contribution in [0.4, 0.5) is 0 Å². The van der Waals surface area contributed by atoms with E-state index >= 15 is 0 Å². The molecule has 4 nitrogen and oxygen atoms in total. The van der Waals surface area contributed by atoms with Gasteiger partial charge in [-0.25, -0.2) is 0 Å². The fraction of sp³-hybridized carbons (Fsp3) is 0.0909. The first-order valence-electron chi connectivity index (χ1n) is 8.50. The predicted octanol–water partition coefficient (Wildman–Crippen LogP) is 4.91. The number of aromatic nitrogens is 3. The standard InChI is InChI=1S/C22H19N3O/c1-15(2)12-18-13-17(16-8-4-3-5-9-16)14-21(22(18)26)25-23-19-10-6-7-11-20(19)24-25/h3-11,13-14,26H,1,12H2,2H3. The van der Waals surface area contributed by atoms with Crippen LogP contribution < -0.4 is 0 Å². The number of benzene rings is 3. The van der Waals surface area contributed by atoms with Crippen LogP contribution in [0, 0.1) is 0 Å². The molecule has 1 heterocycles. The Labute approximate surface area is 152 Å². The summed E-state index contributed by atoms with van der Waals surface area (Å²) in [5.41, 5.74) is 6.03. The van der Waals surface area contributed by atoms with E-state index in [9.17, 15) is 5.11 Å². The monoisotopic (exact) mass is 341 g/mol. The zero-order valence-electron chi connectivity index (χ0n) is 14.6. The molecule has 1 N–H and O–H groups in total. The molecule has 0 spiro atoms. The molecule has 0 aliphatic rings. The molecule has 0 atom stereocenters. The fourth-order valence-corrected chi connectivity index (χ4v) is 3.05. The van der Waals surface area contributed by atoms with Gasteiger partial charge in [0.05, 0.1) is 0 Å². The average Bonchev–Trinajstić information content (AvgIpc) is 3.07. The molecule has 1 aromatic heterocycles. The molecule has 4 heteroatoms. The first-order valence-corrected chi connectivity index (χ1v) is 8.50. The molecule has 4 aromatic rings. The number of nitrogens with zero attached hydrogens (tertiary/aromatic N) is 3. The number of phenolic OH excluding ortho intramolecular Hbond substituents is 1. The highest BCUT2D eigenvalue weighted by Gasteiger charge is 2.15. The first-order chi connectivity index (χ1) is 12.6. The van der Waals surface area contributed by atoms with Gasteiger partial charge in [-0.3, -0.25) is 0 Å². The van der Waals surface area contributed by atoms with Crippen molar-refractivity contribution in [2.45, 2.75) is 13.3 Å². The summed E-state index contributed by atoms with van der Waals surface area (Å²) in [6, 6.07) is 21.7. The summed E-state index contributed by atoms with van der Waals surface area (Å²) < 4.78 is 0. The Morgan fingerprint density at radius 2 is 1.54 bits per heavy atom. The van der Waals surface area contributed by atoms with Crippen molar-refractivity contribution in [2.24, 2.45) is 0 Å². The minimum atomic E-state index is 0.188. The SMILES string of the molecule is C=C(C)Cc1cc(-c2ccccc2)cc(-n2nc3ccccc3n2)c1O. The van der Waals surface area contributed by atoms with E-state index < -0.39 is 0 Å². The molecule has 0 fully saturated rings. The molecule has 0 saturated heterocycles. The molecule has 0 radical (unpaired) electrons. The molecule has 26 heavy (non-hydrogen) atoms. The summed E-state index contributed by atoms with van der Waals surface area (Å²) in [5, 5.41) is 19.9. The highest BCUT2D eigenvalue weighted by Crippen LogP contribution is 2.33. The lowest BCUT2D eigenvalue weighted by Gasteiger charge is -2.13. The van der Waals surface area contributed by atoms with Crippen LogP contribution in [0.25, 0.3) is 27.8 Å². The van der Waals surface area contributed by atoms with Gasteiger partial charge in [-0.1, -0.05) is 54.6 Å². The Morgan fingerprint density at radius 3 is 2.15 bits per heavy atom. The lowest BCUT2D eigenvalue weighted by molar-refractivity contribution is 0.462. The molecule has 4 rings (SSSR count). The van der Waals surface area contributed by atoms with E-state index in [1.807, 2.05) is 73.7 Å². The van der Waals surface area contributed by atoms with E-state index in [4.69, 9.17) is 0 Å². The van der Waals surface area contributed by atoms with E-state index in [2.05, 4.69) is 16.8 Å². The maximum absolute atomic E-state index is 10.8. The Kier molecular flexibility index (Phi) is 4.01. The number of rotatable bonds is 4. The Hall–Kier alpha value is -3.40. The highest BCUT2D eigenvalue weighted by molar-refractivity contribution is 5.75. The van der Waals surface area contributed by atoms with Crippen molar-refractivity contribution in [3.63, 3.8) is 0 Å². The number of aromatic hydroxyl groups is 1. The second-order valence-electron chi connectivity index (χ2n) is 6.48. The maximum atomic E-state index is 10.8. The number of fused-ring (bicyclic) bond motifs is 1. The minimum absolute atomic E-state index is 0.188. The van der Waals surface area contributed by atoms with E-state index in [-0.39, 0.29) is 5.75 Å². The lowest BCUT2D eigenvalue weighted by atomic mass is 9.98. The summed E-state index contributed by atoms with van der Waals surface area (Å²) in [4.78, 5) is 1.51. The van der Waals surface area contributed by atoms with E-state index in [1.54, 1.807) is 0 Å². The summed E-state index contributed by atoms with van der Waals surface area (Å²) >= 11 is 0. The zero-order chi connectivity index (χ0) is 18.1. The van der Waals surface area contributed by atoms with Crippen LogP contribution in [0.1, 0.15) is 12.5 Å². The lowest BCUT2D eigenvalue weighted by Crippen LogP contribution is -2.02. The molecule has 0 saturated carbocycles. The van der Waals surface area contributed by atoms with Gasteiger partial charge in [0.15, 0.2) is 0 Å². The van der Waals surface area contributed by atoms with Crippen molar-refractivity contribution in [1.29, 1.82) is 0 Å². The third-order valence-electron chi connectivity index (χ3n) is 4.27. The minimum Gasteiger partial charge on any atom is -0.505 e. The molecule has 0 bridgehead atoms. The average molecular weight is 341 g/mol. The summed E-state index contributed by atoms with van der Waals surface area (Å²) in [6.45, 7) is 5.94. The van der Waals surface area contributed by atoms with Gasteiger partial charge in [0.2, 0.25) is 0 Å². The van der Waals surface area contributed by atoms with Crippen LogP contribution >= 0.6 is 0 Å².